The van der Waals surface area contributed by atoms with Crippen molar-refractivity contribution in [3.8, 4) is 5.75 Å². The van der Waals surface area contributed by atoms with Crippen LogP contribution in [0.5, 0.6) is 5.75 Å². The van der Waals surface area contributed by atoms with Gasteiger partial charge in [0, 0.05) is 5.69 Å². The number of likely N-dealkylation sites (tertiary alicyclic amines) is 1. The zero-order valence-electron chi connectivity index (χ0n) is 13.1. The molecule has 1 fully saturated rings. The zero-order valence-corrected chi connectivity index (χ0v) is 13.1. The van der Waals surface area contributed by atoms with Crippen LogP contribution in [0.2, 0.25) is 0 Å². The molecule has 0 spiro atoms. The molecule has 0 aromatic heterocycles. The Balaban J connectivity index is 1.90. The van der Waals surface area contributed by atoms with Gasteiger partial charge in [0.15, 0.2) is 0 Å². The van der Waals surface area contributed by atoms with Gasteiger partial charge in [-0.3, -0.25) is 9.69 Å². The molecule has 1 aliphatic rings. The minimum atomic E-state index is -0.0785. The fourth-order valence-corrected chi connectivity index (χ4v) is 2.75. The molecule has 4 nitrogen and oxygen atoms in total. The zero-order chi connectivity index (χ0) is 15.1. The third-order valence-electron chi connectivity index (χ3n) is 4.18. The number of anilines is 1. The molecule has 21 heavy (non-hydrogen) atoms. The van der Waals surface area contributed by atoms with Crippen LogP contribution in [-0.4, -0.2) is 37.0 Å². The molecule has 0 aliphatic carbocycles. The number of carbonyl (C=O) groups is 1. The Morgan fingerprint density at radius 2 is 1.67 bits per heavy atom. The minimum Gasteiger partial charge on any atom is -0.497 e. The SMILES string of the molecule is COc1ccc(NC(=O)[C@@H](C)N2CCCCCCC2)cc1. The molecule has 1 saturated heterocycles. The van der Waals surface area contributed by atoms with Crippen LogP contribution in [0.1, 0.15) is 39.0 Å². The van der Waals surface area contributed by atoms with Crippen molar-refractivity contribution in [1.29, 1.82) is 0 Å². The molecular weight excluding hydrogens is 264 g/mol. The second kappa shape index (κ2) is 8.03. The van der Waals surface area contributed by atoms with Crippen LogP contribution in [0.25, 0.3) is 0 Å². The van der Waals surface area contributed by atoms with Crippen LogP contribution in [-0.2, 0) is 4.79 Å². The Bertz CT molecular complexity index is 437. The van der Waals surface area contributed by atoms with E-state index in [9.17, 15) is 4.79 Å². The third-order valence-corrected chi connectivity index (χ3v) is 4.18. The smallest absolute Gasteiger partial charge is 0.241 e. The summed E-state index contributed by atoms with van der Waals surface area (Å²) in [5, 5.41) is 2.99. The predicted octanol–water partition coefficient (Wildman–Crippen LogP) is 3.29. The summed E-state index contributed by atoms with van der Waals surface area (Å²) in [5.41, 5.74) is 0.819. The van der Waals surface area contributed by atoms with Crippen molar-refractivity contribution in [2.45, 2.75) is 45.1 Å². The Morgan fingerprint density at radius 1 is 1.10 bits per heavy atom. The summed E-state index contributed by atoms with van der Waals surface area (Å²) in [4.78, 5) is 14.7. The second-order valence-electron chi connectivity index (χ2n) is 5.70. The lowest BCUT2D eigenvalue weighted by atomic mass is 10.1. The summed E-state index contributed by atoms with van der Waals surface area (Å²) in [7, 11) is 1.64. The van der Waals surface area contributed by atoms with Crippen LogP contribution in [0.15, 0.2) is 24.3 Å². The van der Waals surface area contributed by atoms with E-state index >= 15 is 0 Å². The van der Waals surface area contributed by atoms with Gasteiger partial charge in [-0.15, -0.1) is 0 Å². The number of hydrogen-bond donors (Lipinski definition) is 1. The monoisotopic (exact) mass is 290 g/mol. The number of nitrogens with zero attached hydrogens (tertiary/aromatic N) is 1. The van der Waals surface area contributed by atoms with Crippen LogP contribution >= 0.6 is 0 Å². The largest absolute Gasteiger partial charge is 0.497 e. The topological polar surface area (TPSA) is 41.6 Å². The van der Waals surface area contributed by atoms with Gasteiger partial charge >= 0.3 is 0 Å². The third kappa shape index (κ3) is 4.74. The lowest BCUT2D eigenvalue weighted by molar-refractivity contribution is -0.120. The van der Waals surface area contributed by atoms with E-state index in [-0.39, 0.29) is 11.9 Å². The summed E-state index contributed by atoms with van der Waals surface area (Å²) in [6.07, 6.45) is 6.28. The first kappa shape index (κ1) is 15.8. The number of benzene rings is 1. The molecule has 1 N–H and O–H groups in total. The van der Waals surface area contributed by atoms with Gasteiger partial charge < -0.3 is 10.1 Å². The molecule has 1 aromatic carbocycles. The fraction of sp³-hybridized carbons (Fsp3) is 0.588. The highest BCUT2D eigenvalue weighted by Crippen LogP contribution is 2.17. The first-order valence-electron chi connectivity index (χ1n) is 7.89. The molecule has 0 radical (unpaired) electrons. The number of rotatable bonds is 4. The lowest BCUT2D eigenvalue weighted by Gasteiger charge is -2.29. The Labute approximate surface area is 127 Å². The molecule has 1 heterocycles. The van der Waals surface area contributed by atoms with E-state index < -0.39 is 0 Å². The first-order valence-corrected chi connectivity index (χ1v) is 7.89. The highest BCUT2D eigenvalue weighted by atomic mass is 16.5. The molecular formula is C17H26N2O2. The van der Waals surface area contributed by atoms with Gasteiger partial charge in [0.1, 0.15) is 5.75 Å². The summed E-state index contributed by atoms with van der Waals surface area (Å²) >= 11 is 0. The minimum absolute atomic E-state index is 0.0701. The van der Waals surface area contributed by atoms with Gasteiger partial charge in [0.05, 0.1) is 13.2 Å². The molecule has 2 rings (SSSR count). The molecule has 116 valence electrons. The number of hydrogen-bond acceptors (Lipinski definition) is 3. The van der Waals surface area contributed by atoms with Crippen molar-refractivity contribution in [3.05, 3.63) is 24.3 Å². The van der Waals surface area contributed by atoms with Crippen LogP contribution in [0.3, 0.4) is 0 Å². The number of ether oxygens (including phenoxy) is 1. The van der Waals surface area contributed by atoms with Gasteiger partial charge in [-0.25, -0.2) is 0 Å². The van der Waals surface area contributed by atoms with Crippen LogP contribution in [0.4, 0.5) is 5.69 Å². The number of methoxy groups -OCH3 is 1. The van der Waals surface area contributed by atoms with E-state index in [1.54, 1.807) is 7.11 Å². The Hall–Kier alpha value is -1.55. The van der Waals surface area contributed by atoms with Gasteiger partial charge in [-0.2, -0.15) is 0 Å². The molecule has 0 bridgehead atoms. The van der Waals surface area contributed by atoms with E-state index in [4.69, 9.17) is 4.74 Å². The maximum atomic E-state index is 12.4. The average Bonchev–Trinajstić information content (AvgIpc) is 2.47. The molecule has 1 aliphatic heterocycles. The van der Waals surface area contributed by atoms with Crippen LogP contribution in [0, 0.1) is 0 Å². The van der Waals surface area contributed by atoms with E-state index in [2.05, 4.69) is 10.2 Å². The maximum absolute atomic E-state index is 12.4. The molecule has 1 amide bonds. The lowest BCUT2D eigenvalue weighted by Crippen LogP contribution is -2.43. The van der Waals surface area contributed by atoms with Gasteiger partial charge in [-0.1, -0.05) is 19.3 Å². The molecule has 0 unspecified atom stereocenters. The van der Waals surface area contributed by atoms with Crippen molar-refractivity contribution < 1.29 is 9.53 Å². The summed E-state index contributed by atoms with van der Waals surface area (Å²) in [6.45, 7) is 4.05. The van der Waals surface area contributed by atoms with Gasteiger partial charge in [-0.05, 0) is 57.1 Å². The number of amides is 1. The molecule has 4 heteroatoms. The van der Waals surface area contributed by atoms with E-state index in [0.717, 1.165) is 24.5 Å². The standard InChI is InChI=1S/C17H26N2O2/c1-14(19-12-6-4-3-5-7-13-19)17(20)18-15-8-10-16(21-2)11-9-15/h8-11,14H,3-7,12-13H2,1-2H3,(H,18,20)/t14-/m1/s1. The van der Waals surface area contributed by atoms with E-state index in [1.165, 1.54) is 32.1 Å². The normalized spacial score (nSPS) is 18.4. The number of carbonyl (C=O) groups excluding carboxylic acids is 1. The fourth-order valence-electron chi connectivity index (χ4n) is 2.75. The summed E-state index contributed by atoms with van der Waals surface area (Å²) in [5.74, 6) is 0.866. The van der Waals surface area contributed by atoms with E-state index in [0.29, 0.717) is 0 Å². The average molecular weight is 290 g/mol. The quantitative estimate of drug-likeness (QED) is 0.925. The number of nitrogens with one attached hydrogen (secondary N) is 1. The van der Waals surface area contributed by atoms with E-state index in [1.807, 2.05) is 31.2 Å². The predicted molar refractivity (Wildman–Crippen MR) is 85.7 cm³/mol. The Kier molecular flexibility index (Phi) is 6.05. The highest BCUT2D eigenvalue weighted by Gasteiger charge is 2.21. The summed E-state index contributed by atoms with van der Waals surface area (Å²) < 4.78 is 5.12. The van der Waals surface area contributed by atoms with Crippen molar-refractivity contribution in [2.24, 2.45) is 0 Å². The molecule has 0 saturated carbocycles. The van der Waals surface area contributed by atoms with Gasteiger partial charge in [0.25, 0.3) is 0 Å². The summed E-state index contributed by atoms with van der Waals surface area (Å²) in [6, 6.07) is 7.38. The highest BCUT2D eigenvalue weighted by molar-refractivity contribution is 5.94. The molecule has 1 atom stereocenters. The van der Waals surface area contributed by atoms with Crippen molar-refractivity contribution in [2.75, 3.05) is 25.5 Å². The van der Waals surface area contributed by atoms with Crippen molar-refractivity contribution in [3.63, 3.8) is 0 Å². The van der Waals surface area contributed by atoms with Crippen molar-refractivity contribution in [1.82, 2.24) is 4.90 Å². The molecule has 1 aromatic rings. The first-order chi connectivity index (χ1) is 10.2. The van der Waals surface area contributed by atoms with Crippen molar-refractivity contribution >= 4 is 11.6 Å². The van der Waals surface area contributed by atoms with Gasteiger partial charge in [0.2, 0.25) is 5.91 Å². The maximum Gasteiger partial charge on any atom is 0.241 e. The van der Waals surface area contributed by atoms with Crippen LogP contribution < -0.4 is 10.1 Å². The second-order valence-corrected chi connectivity index (χ2v) is 5.70. The Morgan fingerprint density at radius 3 is 2.24 bits per heavy atom.